The van der Waals surface area contributed by atoms with Gasteiger partial charge >= 0.3 is 0 Å². The number of carbonyl (C=O) groups excluding carboxylic acids is 1. The molecule has 22 heavy (non-hydrogen) atoms. The van der Waals surface area contributed by atoms with E-state index in [4.69, 9.17) is 22.1 Å². The van der Waals surface area contributed by atoms with Crippen LogP contribution in [0.3, 0.4) is 0 Å². The average molecular weight is 323 g/mol. The van der Waals surface area contributed by atoms with Gasteiger partial charge in [0.1, 0.15) is 5.75 Å². The largest absolute Gasteiger partial charge is 0.482 e. The molecule has 2 aliphatic carbocycles. The second-order valence-electron chi connectivity index (χ2n) is 6.49. The molecule has 2 fully saturated rings. The fourth-order valence-electron chi connectivity index (χ4n) is 3.96. The number of halogens is 1. The van der Waals surface area contributed by atoms with E-state index in [9.17, 15) is 4.79 Å². The van der Waals surface area contributed by atoms with Crippen LogP contribution in [0.1, 0.15) is 32.1 Å². The van der Waals surface area contributed by atoms with Crippen molar-refractivity contribution >= 4 is 17.5 Å². The summed E-state index contributed by atoms with van der Waals surface area (Å²) in [4.78, 5) is 12.2. The molecule has 0 radical (unpaired) electrons. The predicted octanol–water partition coefficient (Wildman–Crippen LogP) is 2.74. The summed E-state index contributed by atoms with van der Waals surface area (Å²) in [5, 5.41) is 3.69. The SMILES string of the molecule is NC1CC2CCCC(C1)C2NC(=O)COc1ccccc1Cl. The Kier molecular flexibility index (Phi) is 4.89. The molecule has 2 bridgehead atoms. The standard InChI is InChI=1S/C17H23ClN2O2/c18-14-6-1-2-7-15(14)22-10-16(21)20-17-11-4-3-5-12(17)9-13(19)8-11/h1-2,6-7,11-13,17H,3-5,8-10,19H2,(H,20,21). The average Bonchev–Trinajstić information content (AvgIpc) is 2.47. The molecule has 4 nitrogen and oxygen atoms in total. The number of benzene rings is 1. The summed E-state index contributed by atoms with van der Waals surface area (Å²) < 4.78 is 5.51. The summed E-state index contributed by atoms with van der Waals surface area (Å²) in [6.07, 6.45) is 5.63. The molecule has 0 spiro atoms. The van der Waals surface area contributed by atoms with E-state index in [1.165, 1.54) is 19.3 Å². The van der Waals surface area contributed by atoms with E-state index < -0.39 is 0 Å². The van der Waals surface area contributed by atoms with Crippen LogP contribution in [0.2, 0.25) is 5.02 Å². The first-order valence-corrected chi connectivity index (χ1v) is 8.43. The van der Waals surface area contributed by atoms with Crippen LogP contribution in [0.15, 0.2) is 24.3 Å². The Morgan fingerprint density at radius 2 is 1.95 bits per heavy atom. The molecule has 2 saturated carbocycles. The van der Waals surface area contributed by atoms with Gasteiger partial charge in [0.2, 0.25) is 0 Å². The van der Waals surface area contributed by atoms with Gasteiger partial charge < -0.3 is 15.8 Å². The van der Waals surface area contributed by atoms with Crippen LogP contribution in [0.25, 0.3) is 0 Å². The highest BCUT2D eigenvalue weighted by atomic mass is 35.5. The molecule has 1 aromatic carbocycles. The van der Waals surface area contributed by atoms with E-state index in [1.807, 2.05) is 12.1 Å². The Hall–Kier alpha value is -1.26. The smallest absolute Gasteiger partial charge is 0.258 e. The summed E-state index contributed by atoms with van der Waals surface area (Å²) in [6, 6.07) is 7.75. The van der Waals surface area contributed by atoms with Gasteiger partial charge in [-0.1, -0.05) is 30.2 Å². The van der Waals surface area contributed by atoms with Crippen molar-refractivity contribution < 1.29 is 9.53 Å². The quantitative estimate of drug-likeness (QED) is 0.896. The minimum absolute atomic E-state index is 0.00568. The number of fused-ring (bicyclic) bond motifs is 2. The molecule has 0 heterocycles. The van der Waals surface area contributed by atoms with E-state index in [0.717, 1.165) is 12.8 Å². The van der Waals surface area contributed by atoms with Gasteiger partial charge in [-0.25, -0.2) is 0 Å². The molecule has 2 unspecified atom stereocenters. The van der Waals surface area contributed by atoms with Crippen molar-refractivity contribution in [3.8, 4) is 5.75 Å². The maximum absolute atomic E-state index is 12.2. The highest BCUT2D eigenvalue weighted by Gasteiger charge is 2.39. The number of ether oxygens (including phenoxy) is 1. The third kappa shape index (κ3) is 3.55. The van der Waals surface area contributed by atoms with Crippen molar-refractivity contribution in [2.45, 2.75) is 44.2 Å². The summed E-state index contributed by atoms with van der Waals surface area (Å²) >= 11 is 6.02. The third-order valence-corrected chi connectivity index (χ3v) is 5.21. The zero-order valence-corrected chi connectivity index (χ0v) is 13.4. The van der Waals surface area contributed by atoms with Crippen molar-refractivity contribution in [3.63, 3.8) is 0 Å². The van der Waals surface area contributed by atoms with E-state index in [2.05, 4.69) is 5.32 Å². The number of rotatable bonds is 4. The Bertz CT molecular complexity index is 523. The van der Waals surface area contributed by atoms with E-state index in [1.54, 1.807) is 12.1 Å². The zero-order chi connectivity index (χ0) is 15.5. The van der Waals surface area contributed by atoms with E-state index in [0.29, 0.717) is 28.6 Å². The molecule has 1 aromatic rings. The van der Waals surface area contributed by atoms with Crippen molar-refractivity contribution in [3.05, 3.63) is 29.3 Å². The molecule has 120 valence electrons. The van der Waals surface area contributed by atoms with Gasteiger partial charge in [0.25, 0.3) is 5.91 Å². The monoisotopic (exact) mass is 322 g/mol. The number of carbonyl (C=O) groups is 1. The minimum Gasteiger partial charge on any atom is -0.482 e. The summed E-state index contributed by atoms with van der Waals surface area (Å²) in [5.41, 5.74) is 6.12. The molecule has 2 atom stereocenters. The summed E-state index contributed by atoms with van der Waals surface area (Å²) in [6.45, 7) is 0.00568. The van der Waals surface area contributed by atoms with Crippen LogP contribution in [-0.4, -0.2) is 24.6 Å². The Labute approximate surface area is 136 Å². The van der Waals surface area contributed by atoms with Crippen LogP contribution in [0.4, 0.5) is 0 Å². The maximum Gasteiger partial charge on any atom is 0.258 e. The van der Waals surface area contributed by atoms with Gasteiger partial charge in [-0.2, -0.15) is 0 Å². The lowest BCUT2D eigenvalue weighted by molar-refractivity contribution is -0.125. The molecule has 3 rings (SSSR count). The summed E-state index contributed by atoms with van der Waals surface area (Å²) in [7, 11) is 0. The molecule has 1 amide bonds. The number of nitrogens with two attached hydrogens (primary N) is 1. The van der Waals surface area contributed by atoms with Crippen LogP contribution in [-0.2, 0) is 4.79 Å². The van der Waals surface area contributed by atoms with Gasteiger partial charge in [0.15, 0.2) is 6.61 Å². The van der Waals surface area contributed by atoms with E-state index >= 15 is 0 Å². The van der Waals surface area contributed by atoms with Crippen molar-refractivity contribution in [1.82, 2.24) is 5.32 Å². The van der Waals surface area contributed by atoms with Gasteiger partial charge in [-0.15, -0.1) is 0 Å². The van der Waals surface area contributed by atoms with Crippen molar-refractivity contribution in [2.24, 2.45) is 17.6 Å². The number of nitrogens with one attached hydrogen (secondary N) is 1. The minimum atomic E-state index is -0.0720. The molecule has 3 N–H and O–H groups in total. The lowest BCUT2D eigenvalue weighted by Gasteiger charge is -2.45. The maximum atomic E-state index is 12.2. The fourth-order valence-corrected chi connectivity index (χ4v) is 4.15. The molecule has 0 aromatic heterocycles. The topological polar surface area (TPSA) is 64.3 Å². The molecular formula is C17H23ClN2O2. The predicted molar refractivity (Wildman–Crippen MR) is 86.9 cm³/mol. The van der Waals surface area contributed by atoms with E-state index in [-0.39, 0.29) is 18.6 Å². The van der Waals surface area contributed by atoms with Gasteiger partial charge in [0.05, 0.1) is 5.02 Å². The first-order valence-electron chi connectivity index (χ1n) is 8.05. The van der Waals surface area contributed by atoms with Crippen LogP contribution in [0, 0.1) is 11.8 Å². The van der Waals surface area contributed by atoms with Crippen LogP contribution >= 0.6 is 11.6 Å². The van der Waals surface area contributed by atoms with Crippen LogP contribution < -0.4 is 15.8 Å². The molecule has 2 aliphatic rings. The van der Waals surface area contributed by atoms with Crippen LogP contribution in [0.5, 0.6) is 5.75 Å². The van der Waals surface area contributed by atoms with Gasteiger partial charge in [-0.05, 0) is 49.7 Å². The third-order valence-electron chi connectivity index (χ3n) is 4.90. The van der Waals surface area contributed by atoms with Crippen molar-refractivity contribution in [2.75, 3.05) is 6.61 Å². The number of hydrogen-bond donors (Lipinski definition) is 2. The molecule has 0 saturated heterocycles. The Morgan fingerprint density at radius 1 is 1.27 bits per heavy atom. The van der Waals surface area contributed by atoms with Crippen molar-refractivity contribution in [1.29, 1.82) is 0 Å². The second-order valence-corrected chi connectivity index (χ2v) is 6.90. The lowest BCUT2D eigenvalue weighted by atomic mass is 9.67. The highest BCUT2D eigenvalue weighted by Crippen LogP contribution is 2.39. The Morgan fingerprint density at radius 3 is 2.64 bits per heavy atom. The summed E-state index contributed by atoms with van der Waals surface area (Å²) in [5.74, 6) is 1.51. The number of amides is 1. The normalized spacial score (nSPS) is 30.6. The molecular weight excluding hydrogens is 300 g/mol. The van der Waals surface area contributed by atoms with Gasteiger partial charge in [-0.3, -0.25) is 4.79 Å². The number of para-hydroxylation sites is 1. The zero-order valence-electron chi connectivity index (χ0n) is 12.6. The second kappa shape index (κ2) is 6.88. The number of hydrogen-bond acceptors (Lipinski definition) is 3. The highest BCUT2D eigenvalue weighted by molar-refractivity contribution is 6.32. The lowest BCUT2D eigenvalue weighted by Crippen LogP contribution is -2.54. The molecule has 5 heteroatoms. The fraction of sp³-hybridized carbons (Fsp3) is 0.588. The van der Waals surface area contributed by atoms with Gasteiger partial charge in [0, 0.05) is 12.1 Å². The first-order chi connectivity index (χ1) is 10.6. The first kappa shape index (κ1) is 15.6. The molecule has 0 aliphatic heterocycles. The Balaban J connectivity index is 1.54.